The van der Waals surface area contributed by atoms with Crippen molar-refractivity contribution in [3.05, 3.63) is 47.5 Å². The highest BCUT2D eigenvalue weighted by molar-refractivity contribution is 6.36. The van der Waals surface area contributed by atoms with E-state index < -0.39 is 0 Å². The third kappa shape index (κ3) is 1.84. The number of rotatable bonds is 2. The lowest BCUT2D eigenvalue weighted by molar-refractivity contribution is 1.50. The Balaban J connectivity index is 2.64. The largest absolute Gasteiger partial charge is 0.398 e. The lowest BCUT2D eigenvalue weighted by Crippen LogP contribution is -1.95. The summed E-state index contributed by atoms with van der Waals surface area (Å²) in [6, 6.07) is 13.6. The van der Waals surface area contributed by atoms with E-state index in [1.807, 2.05) is 49.5 Å². The minimum Gasteiger partial charge on any atom is -0.398 e. The van der Waals surface area contributed by atoms with Crippen LogP contribution in [-0.4, -0.2) is 7.05 Å². The van der Waals surface area contributed by atoms with Gasteiger partial charge in [-0.25, -0.2) is 0 Å². The molecule has 0 heterocycles. The molecule has 0 unspecified atom stereocenters. The van der Waals surface area contributed by atoms with E-state index in [-0.39, 0.29) is 0 Å². The molecule has 3 N–H and O–H groups in total. The molecule has 0 saturated carbocycles. The van der Waals surface area contributed by atoms with Gasteiger partial charge in [0, 0.05) is 18.3 Å². The van der Waals surface area contributed by atoms with Gasteiger partial charge >= 0.3 is 0 Å². The van der Waals surface area contributed by atoms with Crippen molar-refractivity contribution in [2.45, 2.75) is 0 Å². The van der Waals surface area contributed by atoms with Crippen molar-refractivity contribution in [2.75, 3.05) is 18.1 Å². The molecule has 0 aromatic heterocycles. The molecule has 2 aromatic carbocycles. The number of anilines is 2. The summed E-state index contributed by atoms with van der Waals surface area (Å²) in [7, 11) is 1.84. The fourth-order valence-electron chi connectivity index (χ4n) is 1.68. The van der Waals surface area contributed by atoms with Crippen LogP contribution in [0.3, 0.4) is 0 Å². The van der Waals surface area contributed by atoms with Gasteiger partial charge in [0.1, 0.15) is 0 Å². The first-order valence-corrected chi connectivity index (χ1v) is 5.43. The minimum absolute atomic E-state index is 0.661. The van der Waals surface area contributed by atoms with Crippen molar-refractivity contribution in [1.29, 1.82) is 0 Å². The first kappa shape index (κ1) is 10.8. The van der Waals surface area contributed by atoms with Crippen molar-refractivity contribution in [3.63, 3.8) is 0 Å². The molecule has 0 spiro atoms. The molecule has 0 fully saturated rings. The zero-order chi connectivity index (χ0) is 11.5. The van der Waals surface area contributed by atoms with Crippen LogP contribution in [0, 0.1) is 0 Å². The van der Waals surface area contributed by atoms with E-state index in [1.54, 1.807) is 0 Å². The van der Waals surface area contributed by atoms with Crippen LogP contribution in [0.5, 0.6) is 0 Å². The molecule has 16 heavy (non-hydrogen) atoms. The topological polar surface area (TPSA) is 38.0 Å². The van der Waals surface area contributed by atoms with Gasteiger partial charge in [0.2, 0.25) is 0 Å². The minimum atomic E-state index is 0.661. The lowest BCUT2D eigenvalue weighted by Gasteiger charge is -2.12. The van der Waals surface area contributed by atoms with E-state index in [0.29, 0.717) is 10.7 Å². The van der Waals surface area contributed by atoms with Gasteiger partial charge in [-0.15, -0.1) is 0 Å². The molecule has 0 aliphatic rings. The summed E-state index contributed by atoms with van der Waals surface area (Å²) in [5.41, 5.74) is 9.45. The number of nitrogens with one attached hydrogen (secondary N) is 1. The van der Waals surface area contributed by atoms with E-state index >= 15 is 0 Å². The van der Waals surface area contributed by atoms with Crippen molar-refractivity contribution in [2.24, 2.45) is 0 Å². The molecule has 2 nitrogen and oxygen atoms in total. The van der Waals surface area contributed by atoms with Crippen molar-refractivity contribution >= 4 is 23.0 Å². The zero-order valence-electron chi connectivity index (χ0n) is 9.00. The maximum Gasteiger partial charge on any atom is 0.0736 e. The third-order valence-electron chi connectivity index (χ3n) is 2.51. The number of benzene rings is 2. The van der Waals surface area contributed by atoms with Gasteiger partial charge in [0.15, 0.2) is 0 Å². The molecular weight excluding hydrogens is 220 g/mol. The summed E-state index contributed by atoms with van der Waals surface area (Å²) in [5, 5.41) is 3.71. The fourth-order valence-corrected chi connectivity index (χ4v) is 2.06. The van der Waals surface area contributed by atoms with Gasteiger partial charge in [-0.1, -0.05) is 41.9 Å². The zero-order valence-corrected chi connectivity index (χ0v) is 9.75. The molecule has 0 aliphatic carbocycles. The van der Waals surface area contributed by atoms with Gasteiger partial charge < -0.3 is 11.1 Å². The molecule has 0 bridgehead atoms. The predicted molar refractivity (Wildman–Crippen MR) is 70.8 cm³/mol. The second-order valence-electron chi connectivity index (χ2n) is 3.51. The molecule has 0 amide bonds. The molecule has 82 valence electrons. The Bertz CT molecular complexity index is 495. The Hall–Kier alpha value is -1.67. The first-order valence-electron chi connectivity index (χ1n) is 5.05. The van der Waals surface area contributed by atoms with Crippen molar-refractivity contribution < 1.29 is 0 Å². The smallest absolute Gasteiger partial charge is 0.0736 e. The van der Waals surface area contributed by atoms with E-state index in [2.05, 4.69) is 5.32 Å². The van der Waals surface area contributed by atoms with Gasteiger partial charge in [-0.3, -0.25) is 0 Å². The van der Waals surface area contributed by atoms with E-state index in [4.69, 9.17) is 17.3 Å². The average Bonchev–Trinajstić information content (AvgIpc) is 2.31. The Morgan fingerprint density at radius 2 is 1.75 bits per heavy atom. The van der Waals surface area contributed by atoms with Gasteiger partial charge in [0.05, 0.1) is 10.7 Å². The van der Waals surface area contributed by atoms with Crippen LogP contribution < -0.4 is 11.1 Å². The summed E-state index contributed by atoms with van der Waals surface area (Å²) >= 11 is 6.31. The van der Waals surface area contributed by atoms with Crippen LogP contribution in [-0.2, 0) is 0 Å². The van der Waals surface area contributed by atoms with E-state index in [1.165, 1.54) is 0 Å². The van der Waals surface area contributed by atoms with Crippen LogP contribution in [0.2, 0.25) is 5.02 Å². The average molecular weight is 233 g/mol. The van der Waals surface area contributed by atoms with Crippen LogP contribution in [0.15, 0.2) is 42.5 Å². The molecular formula is C13H13ClN2. The monoisotopic (exact) mass is 232 g/mol. The molecule has 2 aromatic rings. The normalized spacial score (nSPS) is 10.1. The van der Waals surface area contributed by atoms with Crippen LogP contribution in [0.1, 0.15) is 0 Å². The Labute approximate surface area is 100 Å². The molecule has 0 radical (unpaired) electrons. The van der Waals surface area contributed by atoms with Gasteiger partial charge in [-0.05, 0) is 17.7 Å². The number of hydrogen-bond acceptors (Lipinski definition) is 2. The van der Waals surface area contributed by atoms with Gasteiger partial charge in [-0.2, -0.15) is 0 Å². The highest BCUT2D eigenvalue weighted by Crippen LogP contribution is 2.37. The molecule has 0 aliphatic heterocycles. The van der Waals surface area contributed by atoms with Crippen molar-refractivity contribution in [3.8, 4) is 11.1 Å². The maximum atomic E-state index is 6.31. The summed E-state index contributed by atoms with van der Waals surface area (Å²) in [6.07, 6.45) is 0. The van der Waals surface area contributed by atoms with Crippen molar-refractivity contribution in [1.82, 2.24) is 0 Å². The quantitative estimate of drug-likeness (QED) is 0.776. The Morgan fingerprint density at radius 1 is 1.06 bits per heavy atom. The summed E-state index contributed by atoms with van der Waals surface area (Å²) in [6.45, 7) is 0. The van der Waals surface area contributed by atoms with E-state index in [9.17, 15) is 0 Å². The van der Waals surface area contributed by atoms with Crippen LogP contribution in [0.4, 0.5) is 11.4 Å². The predicted octanol–water partition coefficient (Wildman–Crippen LogP) is 3.63. The second kappa shape index (κ2) is 4.45. The van der Waals surface area contributed by atoms with Crippen LogP contribution >= 0.6 is 11.6 Å². The number of hydrogen-bond donors (Lipinski definition) is 2. The van der Waals surface area contributed by atoms with E-state index in [0.717, 1.165) is 16.8 Å². The van der Waals surface area contributed by atoms with Crippen LogP contribution in [0.25, 0.3) is 11.1 Å². The molecule has 0 saturated heterocycles. The molecule has 0 atom stereocenters. The van der Waals surface area contributed by atoms with Gasteiger partial charge in [0.25, 0.3) is 0 Å². The number of halogens is 1. The summed E-state index contributed by atoms with van der Waals surface area (Å²) < 4.78 is 0. The molecule has 3 heteroatoms. The SMILES string of the molecule is CNc1ccc(N)c(-c2ccccc2)c1Cl. The lowest BCUT2D eigenvalue weighted by atomic mass is 10.0. The number of nitrogen functional groups attached to an aromatic ring is 1. The highest BCUT2D eigenvalue weighted by atomic mass is 35.5. The first-order chi connectivity index (χ1) is 7.74. The highest BCUT2D eigenvalue weighted by Gasteiger charge is 2.10. The summed E-state index contributed by atoms with van der Waals surface area (Å²) in [5.74, 6) is 0. The molecule has 2 rings (SSSR count). The standard InChI is InChI=1S/C13H13ClN2/c1-16-11-8-7-10(15)12(13(11)14)9-5-3-2-4-6-9/h2-8,16H,15H2,1H3. The maximum absolute atomic E-state index is 6.31. The Kier molecular flexibility index (Phi) is 3.02. The fraction of sp³-hybridized carbons (Fsp3) is 0.0769. The summed E-state index contributed by atoms with van der Waals surface area (Å²) in [4.78, 5) is 0. The third-order valence-corrected chi connectivity index (χ3v) is 2.90. The second-order valence-corrected chi connectivity index (χ2v) is 3.89. The number of nitrogens with two attached hydrogens (primary N) is 1. The Morgan fingerprint density at radius 3 is 2.38 bits per heavy atom.